The van der Waals surface area contributed by atoms with Gasteiger partial charge in [-0.3, -0.25) is 29.0 Å². The van der Waals surface area contributed by atoms with Gasteiger partial charge in [0.05, 0.1) is 0 Å². The quantitative estimate of drug-likeness (QED) is 0.494. The summed E-state index contributed by atoms with van der Waals surface area (Å²) in [5.41, 5.74) is 0. The van der Waals surface area contributed by atoms with E-state index in [0.29, 0.717) is 6.42 Å². The van der Waals surface area contributed by atoms with Crippen LogP contribution in [0.5, 0.6) is 0 Å². The molecular formula is C10H10N2O4. The molecule has 0 spiro atoms. The Morgan fingerprint density at radius 3 is 1.69 bits per heavy atom. The highest BCUT2D eigenvalue weighted by molar-refractivity contribution is 6.15. The molecule has 0 aromatic heterocycles. The minimum absolute atomic E-state index is 0.168. The van der Waals surface area contributed by atoms with E-state index in [1.54, 1.807) is 0 Å². The molecule has 0 N–H and O–H groups in total. The Morgan fingerprint density at radius 1 is 0.812 bits per heavy atom. The van der Waals surface area contributed by atoms with E-state index in [2.05, 4.69) is 0 Å². The third-order valence-corrected chi connectivity index (χ3v) is 3.43. The van der Waals surface area contributed by atoms with Crippen LogP contribution in [0, 0.1) is 0 Å². The zero-order valence-electron chi connectivity index (χ0n) is 8.51. The first-order valence-electron chi connectivity index (χ1n) is 5.33. The molecule has 6 nitrogen and oxygen atoms in total. The van der Waals surface area contributed by atoms with E-state index >= 15 is 0 Å². The molecule has 0 aromatic rings. The smallest absolute Gasteiger partial charge is 0.253 e. The molecular weight excluding hydrogens is 212 g/mol. The predicted octanol–water partition coefficient (Wildman–Crippen LogP) is -0.965. The van der Waals surface area contributed by atoms with Crippen molar-refractivity contribution >= 4 is 23.6 Å². The van der Waals surface area contributed by atoms with E-state index < -0.39 is 12.1 Å². The van der Waals surface area contributed by atoms with E-state index in [-0.39, 0.29) is 42.9 Å². The third kappa shape index (κ3) is 0.963. The molecule has 0 unspecified atom stereocenters. The van der Waals surface area contributed by atoms with Crippen LogP contribution in [0.4, 0.5) is 0 Å². The molecule has 0 aliphatic carbocycles. The molecule has 3 saturated heterocycles. The van der Waals surface area contributed by atoms with Crippen LogP contribution in [0.25, 0.3) is 0 Å². The van der Waals surface area contributed by atoms with Crippen molar-refractivity contribution in [3.63, 3.8) is 0 Å². The van der Waals surface area contributed by atoms with Gasteiger partial charge < -0.3 is 0 Å². The van der Waals surface area contributed by atoms with Gasteiger partial charge in [-0.05, 0) is 6.42 Å². The number of carbonyl (C=O) groups is 4. The Labute approximate surface area is 91.2 Å². The molecule has 3 fully saturated rings. The summed E-state index contributed by atoms with van der Waals surface area (Å²) in [6.45, 7) is 0. The van der Waals surface area contributed by atoms with Crippen LogP contribution in [-0.4, -0.2) is 45.5 Å². The van der Waals surface area contributed by atoms with E-state index in [1.165, 1.54) is 0 Å². The van der Waals surface area contributed by atoms with E-state index in [0.717, 1.165) is 9.80 Å². The van der Waals surface area contributed by atoms with Gasteiger partial charge in [-0.2, -0.15) is 0 Å². The molecule has 3 bridgehead atoms. The highest BCUT2D eigenvalue weighted by atomic mass is 16.2. The Morgan fingerprint density at radius 2 is 1.25 bits per heavy atom. The number of amides is 4. The number of piperazine rings is 1. The lowest BCUT2D eigenvalue weighted by molar-refractivity contribution is -0.161. The van der Waals surface area contributed by atoms with Gasteiger partial charge in [-0.25, -0.2) is 0 Å². The monoisotopic (exact) mass is 222 g/mol. The molecule has 3 aliphatic rings. The van der Waals surface area contributed by atoms with E-state index in [1.807, 2.05) is 0 Å². The lowest BCUT2D eigenvalue weighted by Gasteiger charge is -2.29. The van der Waals surface area contributed by atoms with E-state index in [4.69, 9.17) is 0 Å². The van der Waals surface area contributed by atoms with Crippen LogP contribution >= 0.6 is 0 Å². The molecule has 0 radical (unpaired) electrons. The molecule has 3 heterocycles. The molecule has 2 atom stereocenters. The summed E-state index contributed by atoms with van der Waals surface area (Å²) in [6, 6.07) is -1.43. The van der Waals surface area contributed by atoms with Gasteiger partial charge >= 0.3 is 0 Å². The summed E-state index contributed by atoms with van der Waals surface area (Å²) in [5, 5.41) is 0. The summed E-state index contributed by atoms with van der Waals surface area (Å²) in [6.07, 6.45) is 1.03. The summed E-state index contributed by atoms with van der Waals surface area (Å²) < 4.78 is 0. The predicted molar refractivity (Wildman–Crippen MR) is 49.8 cm³/mol. The molecule has 4 amide bonds. The number of carbonyl (C=O) groups excluding carboxylic acids is 4. The van der Waals surface area contributed by atoms with Gasteiger partial charge in [-0.1, -0.05) is 0 Å². The number of rotatable bonds is 0. The van der Waals surface area contributed by atoms with Crippen LogP contribution in [0.3, 0.4) is 0 Å². The largest absolute Gasteiger partial charge is 0.274 e. The van der Waals surface area contributed by atoms with Crippen molar-refractivity contribution < 1.29 is 19.2 Å². The van der Waals surface area contributed by atoms with Gasteiger partial charge in [0, 0.05) is 19.3 Å². The SMILES string of the molecule is O=C1CCCC(=O)N2C(=O)[C@H]3C[C@H]2C(=O)N13. The second-order valence-corrected chi connectivity index (χ2v) is 4.32. The minimum Gasteiger partial charge on any atom is -0.274 e. The molecule has 3 rings (SSSR count). The van der Waals surface area contributed by atoms with Crippen molar-refractivity contribution in [1.29, 1.82) is 0 Å². The summed E-state index contributed by atoms with van der Waals surface area (Å²) in [7, 11) is 0. The number of fused-ring (bicyclic) bond motifs is 3. The fraction of sp³-hybridized carbons (Fsp3) is 0.600. The first kappa shape index (κ1) is 9.50. The second kappa shape index (κ2) is 2.90. The molecule has 16 heavy (non-hydrogen) atoms. The highest BCUT2D eigenvalue weighted by Gasteiger charge is 2.59. The standard InChI is InChI=1S/C10H10N2O4/c13-7-2-1-3-8(14)12-6-4-5(10(12)16)11(7)9(6)15/h5-6H,1-4H2/t5-,6+. The summed E-state index contributed by atoms with van der Waals surface area (Å²) in [5.74, 6) is -1.41. The topological polar surface area (TPSA) is 74.8 Å². The van der Waals surface area contributed by atoms with Gasteiger partial charge in [0.25, 0.3) is 11.8 Å². The number of nitrogens with zero attached hydrogens (tertiary/aromatic N) is 2. The van der Waals surface area contributed by atoms with Crippen molar-refractivity contribution in [3.8, 4) is 0 Å². The van der Waals surface area contributed by atoms with Crippen molar-refractivity contribution in [2.75, 3.05) is 0 Å². The van der Waals surface area contributed by atoms with E-state index in [9.17, 15) is 19.2 Å². The van der Waals surface area contributed by atoms with Crippen molar-refractivity contribution in [3.05, 3.63) is 0 Å². The average molecular weight is 222 g/mol. The first-order chi connectivity index (χ1) is 7.61. The lowest BCUT2D eigenvalue weighted by Crippen LogP contribution is -2.56. The zero-order valence-corrected chi connectivity index (χ0v) is 8.51. The number of hydrogen-bond donors (Lipinski definition) is 0. The molecule has 0 aromatic carbocycles. The zero-order chi connectivity index (χ0) is 11.4. The molecule has 3 aliphatic heterocycles. The highest BCUT2D eigenvalue weighted by Crippen LogP contribution is 2.35. The van der Waals surface area contributed by atoms with Crippen LogP contribution < -0.4 is 0 Å². The minimum atomic E-state index is -0.716. The van der Waals surface area contributed by atoms with Crippen molar-refractivity contribution in [1.82, 2.24) is 9.80 Å². The molecule has 0 saturated carbocycles. The number of imide groups is 2. The van der Waals surface area contributed by atoms with Gasteiger partial charge in [0.1, 0.15) is 12.1 Å². The maximum atomic E-state index is 11.8. The van der Waals surface area contributed by atoms with Crippen LogP contribution in [0.2, 0.25) is 0 Å². The maximum Gasteiger partial charge on any atom is 0.253 e. The normalized spacial score (nSPS) is 33.5. The molecule has 84 valence electrons. The Balaban J connectivity index is 2.09. The summed E-state index contributed by atoms with van der Waals surface area (Å²) in [4.78, 5) is 49.1. The van der Waals surface area contributed by atoms with Gasteiger partial charge in [0.2, 0.25) is 11.8 Å². The van der Waals surface area contributed by atoms with Gasteiger partial charge in [0.15, 0.2) is 0 Å². The molecule has 6 heteroatoms. The van der Waals surface area contributed by atoms with Crippen LogP contribution in [0.1, 0.15) is 25.7 Å². The Bertz CT molecular complexity index is 393. The van der Waals surface area contributed by atoms with Crippen LogP contribution in [0.15, 0.2) is 0 Å². The summed E-state index contributed by atoms with van der Waals surface area (Å²) >= 11 is 0. The van der Waals surface area contributed by atoms with Gasteiger partial charge in [-0.15, -0.1) is 0 Å². The average Bonchev–Trinajstić information content (AvgIpc) is 2.73. The number of hydrogen-bond acceptors (Lipinski definition) is 4. The maximum absolute atomic E-state index is 11.8. The Kier molecular flexibility index (Phi) is 1.72. The lowest BCUT2D eigenvalue weighted by atomic mass is 10.2. The fourth-order valence-corrected chi connectivity index (χ4v) is 2.70. The van der Waals surface area contributed by atoms with Crippen LogP contribution in [-0.2, 0) is 19.2 Å². The van der Waals surface area contributed by atoms with Crippen molar-refractivity contribution in [2.24, 2.45) is 0 Å². The fourth-order valence-electron chi connectivity index (χ4n) is 2.70. The Hall–Kier alpha value is -1.72. The van der Waals surface area contributed by atoms with Crippen molar-refractivity contribution in [2.45, 2.75) is 37.8 Å². The first-order valence-corrected chi connectivity index (χ1v) is 5.33. The second-order valence-electron chi connectivity index (χ2n) is 4.32. The third-order valence-electron chi connectivity index (χ3n) is 3.43.